The first kappa shape index (κ1) is 15.0. The highest BCUT2D eigenvalue weighted by Crippen LogP contribution is 2.24. The van der Waals surface area contributed by atoms with E-state index >= 15 is 0 Å². The quantitative estimate of drug-likeness (QED) is 0.734. The SMILES string of the molecule is Cc1csc(NC(=O)CSc2cc(C)c3ccccc3n2)n1. The number of anilines is 1. The summed E-state index contributed by atoms with van der Waals surface area (Å²) in [6.45, 7) is 3.97. The molecule has 0 aliphatic rings. The number of rotatable bonds is 4. The molecule has 4 nitrogen and oxygen atoms in total. The van der Waals surface area contributed by atoms with E-state index in [0.29, 0.717) is 10.9 Å². The van der Waals surface area contributed by atoms with Crippen LogP contribution in [0.5, 0.6) is 0 Å². The zero-order valence-corrected chi connectivity index (χ0v) is 13.9. The number of fused-ring (bicyclic) bond motifs is 1. The van der Waals surface area contributed by atoms with E-state index in [1.165, 1.54) is 28.7 Å². The number of pyridine rings is 1. The topological polar surface area (TPSA) is 54.9 Å². The van der Waals surface area contributed by atoms with Crippen LogP contribution in [0.25, 0.3) is 10.9 Å². The Labute approximate surface area is 137 Å². The van der Waals surface area contributed by atoms with Gasteiger partial charge < -0.3 is 5.32 Å². The molecular formula is C16H15N3OS2. The van der Waals surface area contributed by atoms with Crippen molar-refractivity contribution >= 4 is 45.0 Å². The fourth-order valence-electron chi connectivity index (χ4n) is 2.10. The summed E-state index contributed by atoms with van der Waals surface area (Å²) in [6, 6.07) is 10.1. The Morgan fingerprint density at radius 2 is 2.09 bits per heavy atom. The van der Waals surface area contributed by atoms with E-state index in [9.17, 15) is 4.79 Å². The van der Waals surface area contributed by atoms with E-state index in [-0.39, 0.29) is 5.91 Å². The molecule has 6 heteroatoms. The van der Waals surface area contributed by atoms with Gasteiger partial charge >= 0.3 is 0 Å². The Bertz CT molecular complexity index is 829. The van der Waals surface area contributed by atoms with Crippen LogP contribution < -0.4 is 5.32 Å². The first-order chi connectivity index (χ1) is 10.6. The molecule has 0 atom stereocenters. The molecule has 0 aliphatic heterocycles. The van der Waals surface area contributed by atoms with Gasteiger partial charge in [-0.1, -0.05) is 30.0 Å². The fourth-order valence-corrected chi connectivity index (χ4v) is 3.58. The van der Waals surface area contributed by atoms with Crippen LogP contribution in [-0.2, 0) is 4.79 Å². The number of aromatic nitrogens is 2. The minimum atomic E-state index is -0.0630. The molecule has 2 heterocycles. The first-order valence-corrected chi connectivity index (χ1v) is 8.69. The first-order valence-electron chi connectivity index (χ1n) is 6.83. The average Bonchev–Trinajstić information content (AvgIpc) is 2.90. The molecule has 0 aliphatic carbocycles. The minimum absolute atomic E-state index is 0.0630. The number of aryl methyl sites for hydroxylation is 2. The smallest absolute Gasteiger partial charge is 0.236 e. The van der Waals surface area contributed by atoms with E-state index in [1.54, 1.807) is 0 Å². The van der Waals surface area contributed by atoms with Crippen LogP contribution in [0.3, 0.4) is 0 Å². The zero-order chi connectivity index (χ0) is 15.5. The maximum Gasteiger partial charge on any atom is 0.236 e. The summed E-state index contributed by atoms with van der Waals surface area (Å²) < 4.78 is 0. The van der Waals surface area contributed by atoms with Gasteiger partial charge in [-0.25, -0.2) is 9.97 Å². The van der Waals surface area contributed by atoms with E-state index in [2.05, 4.69) is 28.3 Å². The van der Waals surface area contributed by atoms with Gasteiger partial charge in [0.25, 0.3) is 0 Å². The van der Waals surface area contributed by atoms with Crippen molar-refractivity contribution in [3.63, 3.8) is 0 Å². The Morgan fingerprint density at radius 3 is 2.86 bits per heavy atom. The van der Waals surface area contributed by atoms with Gasteiger partial charge in [0.15, 0.2) is 5.13 Å². The third-order valence-corrected chi connectivity index (χ3v) is 4.90. The van der Waals surface area contributed by atoms with Crippen LogP contribution in [0.1, 0.15) is 11.3 Å². The average molecular weight is 329 g/mol. The minimum Gasteiger partial charge on any atom is -0.301 e. The van der Waals surface area contributed by atoms with Crippen LogP contribution in [0.4, 0.5) is 5.13 Å². The lowest BCUT2D eigenvalue weighted by molar-refractivity contribution is -0.113. The van der Waals surface area contributed by atoms with Crippen molar-refractivity contribution in [1.29, 1.82) is 0 Å². The predicted octanol–water partition coefficient (Wildman–Crippen LogP) is 4.04. The summed E-state index contributed by atoms with van der Waals surface area (Å²) in [5.41, 5.74) is 3.05. The number of thiazole rings is 1. The van der Waals surface area contributed by atoms with Crippen LogP contribution >= 0.6 is 23.1 Å². The number of thioether (sulfide) groups is 1. The highest BCUT2D eigenvalue weighted by molar-refractivity contribution is 7.99. The predicted molar refractivity (Wildman–Crippen MR) is 92.7 cm³/mol. The van der Waals surface area contributed by atoms with Crippen molar-refractivity contribution in [3.05, 3.63) is 47.0 Å². The molecule has 0 radical (unpaired) electrons. The Morgan fingerprint density at radius 1 is 1.27 bits per heavy atom. The van der Waals surface area contributed by atoms with Crippen molar-refractivity contribution < 1.29 is 4.79 Å². The van der Waals surface area contributed by atoms with Crippen molar-refractivity contribution in [2.24, 2.45) is 0 Å². The Hall–Kier alpha value is -1.92. The molecule has 0 fully saturated rings. The highest BCUT2D eigenvalue weighted by Gasteiger charge is 2.08. The molecule has 2 aromatic heterocycles. The molecule has 0 saturated heterocycles. The number of carbonyl (C=O) groups is 1. The molecule has 1 amide bonds. The molecular weight excluding hydrogens is 314 g/mol. The summed E-state index contributed by atoms with van der Waals surface area (Å²) in [4.78, 5) is 20.8. The fraction of sp³-hybridized carbons (Fsp3) is 0.188. The molecule has 1 aromatic carbocycles. The van der Waals surface area contributed by atoms with Crippen molar-refractivity contribution in [2.75, 3.05) is 11.1 Å². The molecule has 0 spiro atoms. The lowest BCUT2D eigenvalue weighted by Crippen LogP contribution is -2.13. The molecule has 22 heavy (non-hydrogen) atoms. The van der Waals surface area contributed by atoms with E-state index in [0.717, 1.165) is 21.6 Å². The standard InChI is InChI=1S/C16H15N3OS2/c1-10-7-15(18-13-6-4-3-5-12(10)13)21-9-14(20)19-16-17-11(2)8-22-16/h3-8H,9H2,1-2H3,(H,17,19,20). The Balaban J connectivity index is 1.67. The van der Waals surface area contributed by atoms with Gasteiger partial charge in [-0.15, -0.1) is 11.3 Å². The number of amides is 1. The number of hydrogen-bond donors (Lipinski definition) is 1. The van der Waals surface area contributed by atoms with Crippen LogP contribution in [-0.4, -0.2) is 21.6 Å². The zero-order valence-electron chi connectivity index (χ0n) is 12.3. The van der Waals surface area contributed by atoms with Crippen molar-refractivity contribution in [2.45, 2.75) is 18.9 Å². The van der Waals surface area contributed by atoms with Gasteiger partial charge in [-0.3, -0.25) is 4.79 Å². The molecule has 0 saturated carbocycles. The maximum atomic E-state index is 12.0. The number of para-hydroxylation sites is 1. The van der Waals surface area contributed by atoms with Crippen LogP contribution in [0.2, 0.25) is 0 Å². The normalized spacial score (nSPS) is 10.8. The molecule has 0 unspecified atom stereocenters. The molecule has 112 valence electrons. The van der Waals surface area contributed by atoms with Crippen LogP contribution in [0, 0.1) is 13.8 Å². The second kappa shape index (κ2) is 6.46. The third-order valence-electron chi connectivity index (χ3n) is 3.12. The second-order valence-electron chi connectivity index (χ2n) is 4.93. The molecule has 3 rings (SSSR count). The molecule has 3 aromatic rings. The highest BCUT2D eigenvalue weighted by atomic mass is 32.2. The van der Waals surface area contributed by atoms with E-state index < -0.39 is 0 Å². The lowest BCUT2D eigenvalue weighted by atomic mass is 10.1. The number of hydrogen-bond acceptors (Lipinski definition) is 5. The van der Waals surface area contributed by atoms with Crippen LogP contribution in [0.15, 0.2) is 40.7 Å². The van der Waals surface area contributed by atoms with E-state index in [4.69, 9.17) is 0 Å². The van der Waals surface area contributed by atoms with Gasteiger partial charge in [0, 0.05) is 10.8 Å². The molecule has 1 N–H and O–H groups in total. The largest absolute Gasteiger partial charge is 0.301 e. The number of benzene rings is 1. The second-order valence-corrected chi connectivity index (χ2v) is 6.78. The van der Waals surface area contributed by atoms with Gasteiger partial charge in [-0.05, 0) is 31.5 Å². The summed E-state index contributed by atoms with van der Waals surface area (Å²) in [5.74, 6) is 0.260. The van der Waals surface area contributed by atoms with Gasteiger partial charge in [0.2, 0.25) is 5.91 Å². The van der Waals surface area contributed by atoms with Gasteiger partial charge in [0.05, 0.1) is 22.0 Å². The number of nitrogens with zero attached hydrogens (tertiary/aromatic N) is 2. The van der Waals surface area contributed by atoms with Gasteiger partial charge in [0.1, 0.15) is 0 Å². The summed E-state index contributed by atoms with van der Waals surface area (Å²) >= 11 is 2.87. The van der Waals surface area contributed by atoms with Crippen molar-refractivity contribution in [1.82, 2.24) is 9.97 Å². The third kappa shape index (κ3) is 3.45. The summed E-state index contributed by atoms with van der Waals surface area (Å²) in [7, 11) is 0. The summed E-state index contributed by atoms with van der Waals surface area (Å²) in [5, 5.41) is 7.37. The number of nitrogens with one attached hydrogen (secondary N) is 1. The summed E-state index contributed by atoms with van der Waals surface area (Å²) in [6.07, 6.45) is 0. The van der Waals surface area contributed by atoms with Gasteiger partial charge in [-0.2, -0.15) is 0 Å². The van der Waals surface area contributed by atoms with E-state index in [1.807, 2.05) is 36.6 Å². The molecule has 0 bridgehead atoms. The monoisotopic (exact) mass is 329 g/mol. The lowest BCUT2D eigenvalue weighted by Gasteiger charge is -2.06. The Kier molecular flexibility index (Phi) is 4.40. The maximum absolute atomic E-state index is 12.0. The van der Waals surface area contributed by atoms with Crippen molar-refractivity contribution in [3.8, 4) is 0 Å². The number of carbonyl (C=O) groups excluding carboxylic acids is 1.